The highest BCUT2D eigenvalue weighted by atomic mass is 32.1. The van der Waals surface area contributed by atoms with Gasteiger partial charge in [-0.2, -0.15) is 8.78 Å². The summed E-state index contributed by atoms with van der Waals surface area (Å²) >= 11 is 7.13. The van der Waals surface area contributed by atoms with Crippen molar-refractivity contribution < 1.29 is 23.2 Å². The van der Waals surface area contributed by atoms with Gasteiger partial charge in [-0.15, -0.1) is 11.3 Å². The molecule has 1 atom stereocenters. The van der Waals surface area contributed by atoms with Gasteiger partial charge < -0.3 is 25.0 Å². The number of alkyl halides is 2. The molecule has 0 amide bonds. The molecule has 5 nitrogen and oxygen atoms in total. The minimum absolute atomic E-state index is 0.114. The Morgan fingerprint density at radius 3 is 2.59 bits per heavy atom. The maximum atomic E-state index is 12.2. The first-order valence-electron chi connectivity index (χ1n) is 8.67. The third-order valence-corrected chi connectivity index (χ3v) is 5.55. The van der Waals surface area contributed by atoms with Crippen LogP contribution in [0.15, 0.2) is 41.8 Å². The van der Waals surface area contributed by atoms with E-state index < -0.39 is 6.61 Å². The summed E-state index contributed by atoms with van der Waals surface area (Å²) in [7, 11) is 0. The predicted molar refractivity (Wildman–Crippen MR) is 106 cm³/mol. The number of ether oxygens (including phenoxy) is 2. The average molecular weight is 415 g/mol. The summed E-state index contributed by atoms with van der Waals surface area (Å²) in [6, 6.07) is 10.8. The quantitative estimate of drug-likeness (QED) is 0.607. The molecule has 2 aromatic rings. The van der Waals surface area contributed by atoms with Gasteiger partial charge in [-0.1, -0.05) is 6.07 Å². The molecule has 0 radical (unpaired) electrons. The zero-order valence-electron chi connectivity index (χ0n) is 14.6. The Kier molecular flexibility index (Phi) is 7.33. The number of halogens is 2. The van der Waals surface area contributed by atoms with Crippen LogP contribution in [0.5, 0.6) is 5.75 Å². The third kappa shape index (κ3) is 6.10. The predicted octanol–water partition coefficient (Wildman–Crippen LogP) is 2.29. The summed E-state index contributed by atoms with van der Waals surface area (Å²) < 4.78 is 34.2. The zero-order chi connectivity index (χ0) is 19.1. The Balaban J connectivity index is 1.54. The van der Waals surface area contributed by atoms with Gasteiger partial charge in [0.05, 0.1) is 24.6 Å². The second-order valence-electron chi connectivity index (χ2n) is 6.08. The van der Waals surface area contributed by atoms with E-state index in [1.165, 1.54) is 21.9 Å². The molecule has 0 bridgehead atoms. The summed E-state index contributed by atoms with van der Waals surface area (Å²) in [5.41, 5.74) is 0.709. The molecule has 27 heavy (non-hydrogen) atoms. The smallest absolute Gasteiger partial charge is 0.387 e. The molecule has 2 heterocycles. The number of quaternary nitrogens is 1. The Morgan fingerprint density at radius 2 is 1.96 bits per heavy atom. The fourth-order valence-corrected chi connectivity index (χ4v) is 4.09. The molecule has 9 heteroatoms. The van der Waals surface area contributed by atoms with Crippen molar-refractivity contribution >= 4 is 34.4 Å². The number of rotatable bonds is 7. The van der Waals surface area contributed by atoms with E-state index in [2.05, 4.69) is 32.9 Å². The highest BCUT2D eigenvalue weighted by molar-refractivity contribution is 7.80. The van der Waals surface area contributed by atoms with E-state index in [0.29, 0.717) is 23.4 Å². The van der Waals surface area contributed by atoms with Crippen LogP contribution in [0.3, 0.4) is 0 Å². The Morgan fingerprint density at radius 1 is 1.22 bits per heavy atom. The van der Waals surface area contributed by atoms with Gasteiger partial charge in [0.15, 0.2) is 5.11 Å². The lowest BCUT2D eigenvalue weighted by Crippen LogP contribution is -3.15. The van der Waals surface area contributed by atoms with Crippen LogP contribution in [0, 0.1) is 0 Å². The normalized spacial score (nSPS) is 16.1. The number of hydrogen-bond donors (Lipinski definition) is 3. The number of benzene rings is 1. The van der Waals surface area contributed by atoms with E-state index in [9.17, 15) is 8.78 Å². The van der Waals surface area contributed by atoms with E-state index in [4.69, 9.17) is 17.0 Å². The van der Waals surface area contributed by atoms with E-state index in [1.54, 1.807) is 23.5 Å². The van der Waals surface area contributed by atoms with E-state index in [-0.39, 0.29) is 5.75 Å². The summed E-state index contributed by atoms with van der Waals surface area (Å²) in [4.78, 5) is 2.79. The number of nitrogens with one attached hydrogen (secondary N) is 3. The molecule has 3 rings (SSSR count). The molecular formula is C18H22F2N3O2S2+. The van der Waals surface area contributed by atoms with Crippen LogP contribution in [-0.2, 0) is 4.74 Å². The summed E-state index contributed by atoms with van der Waals surface area (Å²) in [5, 5.41) is 8.93. The van der Waals surface area contributed by atoms with Gasteiger partial charge >= 0.3 is 6.61 Å². The van der Waals surface area contributed by atoms with Crippen molar-refractivity contribution in [1.29, 1.82) is 0 Å². The standard InChI is InChI=1S/C18H21F2N3O2S2/c19-17(20)25-14-5-3-13(4-6-14)22-18(26)21-12-15(16-2-1-11-27-16)23-7-9-24-10-8-23/h1-6,11,15,17H,7-10,12H2,(H2,21,22,26)/p+1/t15-/m1/s1. The van der Waals surface area contributed by atoms with Gasteiger partial charge in [0.1, 0.15) is 24.9 Å². The van der Waals surface area contributed by atoms with Crippen molar-refractivity contribution in [2.24, 2.45) is 0 Å². The van der Waals surface area contributed by atoms with Crippen LogP contribution < -0.4 is 20.3 Å². The molecule has 1 saturated heterocycles. The van der Waals surface area contributed by atoms with Crippen molar-refractivity contribution in [1.82, 2.24) is 5.32 Å². The average Bonchev–Trinajstić information content (AvgIpc) is 3.18. The molecule has 146 valence electrons. The molecule has 1 fully saturated rings. The van der Waals surface area contributed by atoms with Crippen LogP contribution in [0.4, 0.5) is 14.5 Å². The summed E-state index contributed by atoms with van der Waals surface area (Å²) in [5.74, 6) is 0.114. The van der Waals surface area contributed by atoms with Crippen molar-refractivity contribution in [3.8, 4) is 5.75 Å². The van der Waals surface area contributed by atoms with Gasteiger partial charge in [-0.05, 0) is 47.9 Å². The SMILES string of the molecule is FC(F)Oc1ccc(NC(=S)NC[C@H](c2cccs2)[NH+]2CCOCC2)cc1. The molecule has 1 aromatic carbocycles. The fourth-order valence-electron chi connectivity index (χ4n) is 3.01. The highest BCUT2D eigenvalue weighted by Crippen LogP contribution is 2.18. The second-order valence-corrected chi connectivity index (χ2v) is 7.46. The van der Waals surface area contributed by atoms with E-state index in [0.717, 1.165) is 26.3 Å². The summed E-state index contributed by atoms with van der Waals surface area (Å²) in [6.07, 6.45) is 0. The van der Waals surface area contributed by atoms with Crippen LogP contribution in [0.25, 0.3) is 0 Å². The fraction of sp³-hybridized carbons (Fsp3) is 0.389. The monoisotopic (exact) mass is 414 g/mol. The first-order chi connectivity index (χ1) is 13.1. The molecule has 1 aliphatic rings. The Labute approximate surface area is 166 Å². The first kappa shape index (κ1) is 19.9. The van der Waals surface area contributed by atoms with Gasteiger partial charge in [0.25, 0.3) is 0 Å². The minimum Gasteiger partial charge on any atom is -0.435 e. The lowest BCUT2D eigenvalue weighted by Gasteiger charge is -2.31. The summed E-state index contributed by atoms with van der Waals surface area (Å²) in [6.45, 7) is 1.35. The van der Waals surface area contributed by atoms with Gasteiger partial charge in [-0.25, -0.2) is 0 Å². The Hall–Kier alpha value is -1.81. The highest BCUT2D eigenvalue weighted by Gasteiger charge is 2.27. The van der Waals surface area contributed by atoms with Crippen LogP contribution in [-0.4, -0.2) is 44.6 Å². The van der Waals surface area contributed by atoms with Gasteiger partial charge in [-0.3, -0.25) is 0 Å². The maximum absolute atomic E-state index is 12.2. The first-order valence-corrected chi connectivity index (χ1v) is 9.96. The molecule has 0 aliphatic carbocycles. The lowest BCUT2D eigenvalue weighted by atomic mass is 10.2. The minimum atomic E-state index is -2.83. The molecule has 1 aliphatic heterocycles. The van der Waals surface area contributed by atoms with E-state index >= 15 is 0 Å². The molecule has 0 saturated carbocycles. The third-order valence-electron chi connectivity index (χ3n) is 4.32. The van der Waals surface area contributed by atoms with Crippen LogP contribution >= 0.6 is 23.6 Å². The number of hydrogen-bond acceptors (Lipinski definition) is 4. The number of thiophene rings is 1. The van der Waals surface area contributed by atoms with Crippen molar-refractivity contribution in [2.45, 2.75) is 12.7 Å². The molecule has 0 spiro atoms. The topological polar surface area (TPSA) is 47.0 Å². The largest absolute Gasteiger partial charge is 0.435 e. The van der Waals surface area contributed by atoms with Crippen LogP contribution in [0.2, 0.25) is 0 Å². The van der Waals surface area contributed by atoms with Crippen molar-refractivity contribution in [3.63, 3.8) is 0 Å². The van der Waals surface area contributed by atoms with Gasteiger partial charge in [0, 0.05) is 5.69 Å². The second kappa shape index (κ2) is 9.93. The molecule has 3 N–H and O–H groups in total. The zero-order valence-corrected chi connectivity index (χ0v) is 16.3. The number of morpholine rings is 1. The van der Waals surface area contributed by atoms with E-state index in [1.807, 2.05) is 0 Å². The van der Waals surface area contributed by atoms with Crippen LogP contribution in [0.1, 0.15) is 10.9 Å². The molecular weight excluding hydrogens is 392 g/mol. The maximum Gasteiger partial charge on any atom is 0.387 e. The molecule has 1 aromatic heterocycles. The Bertz CT molecular complexity index is 708. The van der Waals surface area contributed by atoms with Crippen molar-refractivity contribution in [2.75, 3.05) is 38.2 Å². The molecule has 0 unspecified atom stereocenters. The van der Waals surface area contributed by atoms with Gasteiger partial charge in [0.2, 0.25) is 0 Å². The number of thiocarbonyl (C=S) groups is 1. The van der Waals surface area contributed by atoms with Crippen molar-refractivity contribution in [3.05, 3.63) is 46.7 Å². The lowest BCUT2D eigenvalue weighted by molar-refractivity contribution is -0.937. The number of anilines is 1.